The fourth-order valence-electron chi connectivity index (χ4n) is 1.18. The number of thiazole rings is 1. The largest absolute Gasteiger partial charge is 0.380 e. The van der Waals surface area contributed by atoms with E-state index in [0.29, 0.717) is 0 Å². The lowest BCUT2D eigenvalue weighted by Gasteiger charge is -2.06. The molecule has 0 saturated heterocycles. The van der Waals surface area contributed by atoms with Gasteiger partial charge in [0.15, 0.2) is 0 Å². The lowest BCUT2D eigenvalue weighted by atomic mass is 10.2. The molecule has 0 aromatic carbocycles. The third kappa shape index (κ3) is 2.09. The van der Waals surface area contributed by atoms with Gasteiger partial charge in [0.25, 0.3) is 0 Å². The molecule has 0 aliphatic heterocycles. The molecular formula is C10H11N3S. The minimum Gasteiger partial charge on any atom is -0.380 e. The number of pyridine rings is 1. The normalized spacial score (nSPS) is 10.1. The van der Waals surface area contributed by atoms with Crippen molar-refractivity contribution < 1.29 is 0 Å². The van der Waals surface area contributed by atoms with E-state index in [1.54, 1.807) is 17.5 Å². The molecule has 2 aromatic heterocycles. The Labute approximate surface area is 86.8 Å². The number of nitrogens with zero attached hydrogens (tertiary/aromatic N) is 2. The molecular weight excluding hydrogens is 194 g/mol. The van der Waals surface area contributed by atoms with Crippen molar-refractivity contribution in [3.63, 3.8) is 0 Å². The van der Waals surface area contributed by atoms with Gasteiger partial charge in [-0.3, -0.25) is 9.97 Å². The molecule has 2 rings (SSSR count). The zero-order chi connectivity index (χ0) is 9.80. The van der Waals surface area contributed by atoms with Crippen LogP contribution in [0.15, 0.2) is 30.2 Å². The zero-order valence-electron chi connectivity index (χ0n) is 7.90. The zero-order valence-corrected chi connectivity index (χ0v) is 8.71. The summed E-state index contributed by atoms with van der Waals surface area (Å²) >= 11 is 1.66. The summed E-state index contributed by atoms with van der Waals surface area (Å²) in [6.07, 6.45) is 5.53. The van der Waals surface area contributed by atoms with Crippen LogP contribution in [0.1, 0.15) is 10.4 Å². The predicted molar refractivity (Wildman–Crippen MR) is 58.4 cm³/mol. The van der Waals surface area contributed by atoms with Crippen molar-refractivity contribution in [2.24, 2.45) is 0 Å². The minimum absolute atomic E-state index is 0.829. The van der Waals surface area contributed by atoms with E-state index in [2.05, 4.69) is 15.3 Å². The molecule has 0 spiro atoms. The van der Waals surface area contributed by atoms with Crippen LogP contribution in [-0.4, -0.2) is 9.97 Å². The molecule has 14 heavy (non-hydrogen) atoms. The fraction of sp³-hybridized carbons (Fsp3) is 0.200. The van der Waals surface area contributed by atoms with E-state index < -0.39 is 0 Å². The topological polar surface area (TPSA) is 37.8 Å². The molecule has 0 amide bonds. The smallest absolute Gasteiger partial charge is 0.0794 e. The highest BCUT2D eigenvalue weighted by Crippen LogP contribution is 2.14. The Bertz CT molecular complexity index is 398. The van der Waals surface area contributed by atoms with E-state index in [9.17, 15) is 0 Å². The minimum atomic E-state index is 0.829. The van der Waals surface area contributed by atoms with Gasteiger partial charge in [0.2, 0.25) is 0 Å². The lowest BCUT2D eigenvalue weighted by Crippen LogP contribution is -1.99. The van der Waals surface area contributed by atoms with Gasteiger partial charge in [0.05, 0.1) is 12.1 Å². The van der Waals surface area contributed by atoms with E-state index in [1.807, 2.05) is 30.9 Å². The number of aromatic nitrogens is 2. The second-order valence-electron chi connectivity index (χ2n) is 3.01. The lowest BCUT2D eigenvalue weighted by molar-refractivity contribution is 1.15. The number of anilines is 1. The van der Waals surface area contributed by atoms with Crippen molar-refractivity contribution >= 4 is 17.0 Å². The number of rotatable bonds is 3. The van der Waals surface area contributed by atoms with Crippen LogP contribution in [0.25, 0.3) is 0 Å². The second-order valence-corrected chi connectivity index (χ2v) is 3.98. The van der Waals surface area contributed by atoms with E-state index in [-0.39, 0.29) is 0 Å². The van der Waals surface area contributed by atoms with Gasteiger partial charge >= 0.3 is 0 Å². The predicted octanol–water partition coefficient (Wildman–Crippen LogP) is 2.46. The highest BCUT2D eigenvalue weighted by molar-refractivity contribution is 7.09. The monoisotopic (exact) mass is 205 g/mol. The Balaban J connectivity index is 2.02. The maximum Gasteiger partial charge on any atom is 0.0794 e. The fourth-order valence-corrected chi connectivity index (χ4v) is 1.72. The number of hydrogen-bond donors (Lipinski definition) is 1. The second kappa shape index (κ2) is 4.19. The van der Waals surface area contributed by atoms with Crippen LogP contribution in [0.4, 0.5) is 5.69 Å². The molecule has 0 aliphatic rings. The number of hydrogen-bond acceptors (Lipinski definition) is 4. The first-order valence-corrected chi connectivity index (χ1v) is 5.26. The Morgan fingerprint density at radius 3 is 3.00 bits per heavy atom. The summed E-state index contributed by atoms with van der Waals surface area (Å²) in [6, 6.07) is 1.98. The molecule has 3 nitrogen and oxygen atoms in total. The molecule has 0 radical (unpaired) electrons. The molecule has 2 heterocycles. The molecule has 0 saturated carbocycles. The molecule has 0 fully saturated rings. The standard InChI is InChI=1S/C10H11N3S/c1-8-4-11-3-2-10(8)13-6-9-5-12-7-14-9/h2-5,7H,6H2,1H3,(H,11,13). The van der Waals surface area contributed by atoms with Crippen molar-refractivity contribution in [3.8, 4) is 0 Å². The highest BCUT2D eigenvalue weighted by atomic mass is 32.1. The molecule has 72 valence electrons. The Morgan fingerprint density at radius 2 is 2.29 bits per heavy atom. The van der Waals surface area contributed by atoms with E-state index in [0.717, 1.165) is 17.8 Å². The van der Waals surface area contributed by atoms with Crippen LogP contribution in [0.2, 0.25) is 0 Å². The van der Waals surface area contributed by atoms with E-state index in [4.69, 9.17) is 0 Å². The summed E-state index contributed by atoms with van der Waals surface area (Å²) < 4.78 is 0. The summed E-state index contributed by atoms with van der Waals surface area (Å²) in [5, 5.41) is 3.35. The van der Waals surface area contributed by atoms with E-state index in [1.165, 1.54) is 4.88 Å². The number of aryl methyl sites for hydroxylation is 1. The summed E-state index contributed by atoms with van der Waals surface area (Å²) in [5.41, 5.74) is 4.14. The molecule has 0 aliphatic carbocycles. The van der Waals surface area contributed by atoms with Gasteiger partial charge in [0.1, 0.15) is 0 Å². The quantitative estimate of drug-likeness (QED) is 0.836. The van der Waals surface area contributed by atoms with Crippen molar-refractivity contribution in [2.45, 2.75) is 13.5 Å². The van der Waals surface area contributed by atoms with Gasteiger partial charge < -0.3 is 5.32 Å². The van der Waals surface area contributed by atoms with Gasteiger partial charge in [-0.1, -0.05) is 0 Å². The van der Waals surface area contributed by atoms with Gasteiger partial charge in [-0.2, -0.15) is 0 Å². The Morgan fingerprint density at radius 1 is 1.36 bits per heavy atom. The van der Waals surface area contributed by atoms with Crippen molar-refractivity contribution in [1.82, 2.24) is 9.97 Å². The van der Waals surface area contributed by atoms with Crippen LogP contribution in [0.3, 0.4) is 0 Å². The Kier molecular flexibility index (Phi) is 2.74. The third-order valence-corrected chi connectivity index (χ3v) is 2.74. The van der Waals surface area contributed by atoms with E-state index >= 15 is 0 Å². The van der Waals surface area contributed by atoms with Crippen LogP contribution < -0.4 is 5.32 Å². The molecule has 0 unspecified atom stereocenters. The molecule has 2 aromatic rings. The first kappa shape index (κ1) is 9.15. The van der Waals surface area contributed by atoms with Gasteiger partial charge in [-0.25, -0.2) is 0 Å². The maximum absolute atomic E-state index is 4.04. The average Bonchev–Trinajstić information content (AvgIpc) is 2.69. The molecule has 1 N–H and O–H groups in total. The van der Waals surface area contributed by atoms with Crippen molar-refractivity contribution in [1.29, 1.82) is 0 Å². The molecule has 0 atom stereocenters. The average molecular weight is 205 g/mol. The van der Waals surface area contributed by atoms with Crippen LogP contribution in [0.5, 0.6) is 0 Å². The van der Waals surface area contributed by atoms with Crippen molar-refractivity contribution in [2.75, 3.05) is 5.32 Å². The summed E-state index contributed by atoms with van der Waals surface area (Å²) in [5.74, 6) is 0. The summed E-state index contributed by atoms with van der Waals surface area (Å²) in [6.45, 7) is 2.87. The number of nitrogens with one attached hydrogen (secondary N) is 1. The highest BCUT2D eigenvalue weighted by Gasteiger charge is 1.97. The van der Waals surface area contributed by atoms with Gasteiger partial charge in [-0.05, 0) is 18.6 Å². The van der Waals surface area contributed by atoms with Gasteiger partial charge in [0, 0.05) is 29.2 Å². The first-order valence-electron chi connectivity index (χ1n) is 4.38. The summed E-state index contributed by atoms with van der Waals surface area (Å²) in [7, 11) is 0. The maximum atomic E-state index is 4.04. The van der Waals surface area contributed by atoms with Gasteiger partial charge in [-0.15, -0.1) is 11.3 Å². The van der Waals surface area contributed by atoms with Crippen molar-refractivity contribution in [3.05, 3.63) is 40.6 Å². The third-order valence-electron chi connectivity index (χ3n) is 1.96. The molecule has 0 bridgehead atoms. The van der Waals surface area contributed by atoms with Crippen LogP contribution in [0, 0.1) is 6.92 Å². The first-order chi connectivity index (χ1) is 6.86. The summed E-state index contributed by atoms with van der Waals surface area (Å²) in [4.78, 5) is 9.30. The van der Waals surface area contributed by atoms with Crippen LogP contribution >= 0.6 is 11.3 Å². The SMILES string of the molecule is Cc1cnccc1NCc1cncs1. The Hall–Kier alpha value is -1.42. The molecule has 4 heteroatoms. The van der Waals surface area contributed by atoms with Crippen LogP contribution in [-0.2, 0) is 6.54 Å².